The van der Waals surface area contributed by atoms with Gasteiger partial charge in [0.15, 0.2) is 0 Å². The van der Waals surface area contributed by atoms with Gasteiger partial charge >= 0.3 is 5.97 Å². The Morgan fingerprint density at radius 1 is 1.27 bits per heavy atom. The molecule has 0 saturated heterocycles. The maximum absolute atomic E-state index is 12.3. The van der Waals surface area contributed by atoms with Crippen LogP contribution < -0.4 is 5.32 Å². The SMILES string of the molecule is CCOC(=O)c1c(/C=C/C(=O)NCc2cccnc2)c(C)n(CC)c1C. The first-order chi connectivity index (χ1) is 12.5. The van der Waals surface area contributed by atoms with E-state index in [-0.39, 0.29) is 11.9 Å². The van der Waals surface area contributed by atoms with Gasteiger partial charge in [0.2, 0.25) is 5.91 Å². The Labute approximate surface area is 153 Å². The normalized spacial score (nSPS) is 10.9. The van der Waals surface area contributed by atoms with Gasteiger partial charge in [-0.2, -0.15) is 0 Å². The van der Waals surface area contributed by atoms with Gasteiger partial charge < -0.3 is 14.6 Å². The zero-order chi connectivity index (χ0) is 19.1. The van der Waals surface area contributed by atoms with E-state index < -0.39 is 0 Å². The number of esters is 1. The summed E-state index contributed by atoms with van der Waals surface area (Å²) in [5, 5.41) is 2.81. The fourth-order valence-corrected chi connectivity index (χ4v) is 2.96. The topological polar surface area (TPSA) is 73.2 Å². The van der Waals surface area contributed by atoms with Crippen molar-refractivity contribution in [2.45, 2.75) is 40.8 Å². The van der Waals surface area contributed by atoms with Crippen LogP contribution in [-0.2, 0) is 22.6 Å². The van der Waals surface area contributed by atoms with Crippen molar-refractivity contribution in [2.75, 3.05) is 6.61 Å². The van der Waals surface area contributed by atoms with E-state index in [0.29, 0.717) is 18.7 Å². The second-order valence-electron chi connectivity index (χ2n) is 5.84. The molecule has 6 heteroatoms. The standard InChI is InChI=1S/C20H25N3O3/c1-5-23-14(3)17(19(15(23)4)20(25)26-6-2)9-10-18(24)22-13-16-8-7-11-21-12-16/h7-12H,5-6,13H2,1-4H3,(H,22,24)/b10-9+. The number of nitrogens with zero attached hydrogens (tertiary/aromatic N) is 2. The minimum Gasteiger partial charge on any atom is -0.462 e. The lowest BCUT2D eigenvalue weighted by Gasteiger charge is -2.05. The fraction of sp³-hybridized carbons (Fsp3) is 0.350. The van der Waals surface area contributed by atoms with Crippen molar-refractivity contribution in [1.29, 1.82) is 0 Å². The largest absolute Gasteiger partial charge is 0.462 e. The van der Waals surface area contributed by atoms with Crippen LogP contribution in [0.4, 0.5) is 0 Å². The minimum absolute atomic E-state index is 0.232. The maximum atomic E-state index is 12.3. The number of nitrogens with one attached hydrogen (secondary N) is 1. The summed E-state index contributed by atoms with van der Waals surface area (Å²) in [5.74, 6) is -0.597. The summed E-state index contributed by atoms with van der Waals surface area (Å²) in [6, 6.07) is 3.72. The van der Waals surface area contributed by atoms with Gasteiger partial charge in [0.05, 0.1) is 12.2 Å². The Morgan fingerprint density at radius 3 is 2.65 bits per heavy atom. The summed E-state index contributed by atoms with van der Waals surface area (Å²) in [6.07, 6.45) is 6.52. The molecular weight excluding hydrogens is 330 g/mol. The molecule has 0 radical (unpaired) electrons. The van der Waals surface area contributed by atoms with Crippen LogP contribution in [-0.4, -0.2) is 28.0 Å². The van der Waals surface area contributed by atoms with E-state index in [1.54, 1.807) is 25.4 Å². The van der Waals surface area contributed by atoms with Crippen LogP contribution in [0.15, 0.2) is 30.6 Å². The Hall–Kier alpha value is -2.89. The number of rotatable bonds is 7. The highest BCUT2D eigenvalue weighted by molar-refractivity contribution is 5.98. The molecule has 0 atom stereocenters. The lowest BCUT2D eigenvalue weighted by Crippen LogP contribution is -2.20. The van der Waals surface area contributed by atoms with Crippen LogP contribution >= 0.6 is 0 Å². The van der Waals surface area contributed by atoms with Gasteiger partial charge in [-0.1, -0.05) is 6.07 Å². The summed E-state index contributed by atoms with van der Waals surface area (Å²) in [6.45, 7) is 9.07. The molecule has 2 heterocycles. The van der Waals surface area contributed by atoms with Crippen LogP contribution in [0.1, 0.15) is 46.7 Å². The monoisotopic (exact) mass is 355 g/mol. The van der Waals surface area contributed by atoms with Crippen molar-refractivity contribution in [3.63, 3.8) is 0 Å². The first-order valence-corrected chi connectivity index (χ1v) is 8.71. The summed E-state index contributed by atoms with van der Waals surface area (Å²) >= 11 is 0. The second-order valence-corrected chi connectivity index (χ2v) is 5.84. The highest BCUT2D eigenvalue weighted by Crippen LogP contribution is 2.24. The fourth-order valence-electron chi connectivity index (χ4n) is 2.96. The predicted octanol–water partition coefficient (Wildman–Crippen LogP) is 3.03. The van der Waals surface area contributed by atoms with Crippen LogP contribution in [0, 0.1) is 13.8 Å². The quantitative estimate of drug-likeness (QED) is 0.612. The van der Waals surface area contributed by atoms with Gasteiger partial charge in [-0.3, -0.25) is 9.78 Å². The van der Waals surface area contributed by atoms with Crippen LogP contribution in [0.5, 0.6) is 0 Å². The number of ether oxygens (including phenoxy) is 1. The van der Waals surface area contributed by atoms with Gasteiger partial charge in [0.25, 0.3) is 0 Å². The molecule has 2 rings (SSSR count). The Morgan fingerprint density at radius 2 is 2.04 bits per heavy atom. The molecule has 0 saturated carbocycles. The van der Waals surface area contributed by atoms with Crippen molar-refractivity contribution < 1.29 is 14.3 Å². The third kappa shape index (κ3) is 4.39. The minimum atomic E-state index is -0.365. The third-order valence-corrected chi connectivity index (χ3v) is 4.22. The number of amides is 1. The van der Waals surface area contributed by atoms with Gasteiger partial charge in [0.1, 0.15) is 0 Å². The highest BCUT2D eigenvalue weighted by Gasteiger charge is 2.22. The molecule has 2 aromatic heterocycles. The molecule has 6 nitrogen and oxygen atoms in total. The van der Waals surface area contributed by atoms with Gasteiger partial charge in [-0.05, 0) is 45.4 Å². The molecule has 0 fully saturated rings. The molecule has 26 heavy (non-hydrogen) atoms. The second kappa shape index (κ2) is 8.99. The number of aromatic nitrogens is 2. The molecule has 1 N–H and O–H groups in total. The molecular formula is C20H25N3O3. The van der Waals surface area contributed by atoms with E-state index in [1.807, 2.05) is 37.5 Å². The molecule has 2 aromatic rings. The average molecular weight is 355 g/mol. The summed E-state index contributed by atoms with van der Waals surface area (Å²) in [4.78, 5) is 28.5. The number of carbonyl (C=O) groups excluding carboxylic acids is 2. The molecule has 0 aliphatic rings. The maximum Gasteiger partial charge on any atom is 0.340 e. The molecule has 0 unspecified atom stereocenters. The zero-order valence-electron chi connectivity index (χ0n) is 15.7. The van der Waals surface area contributed by atoms with Crippen LogP contribution in [0.25, 0.3) is 6.08 Å². The van der Waals surface area contributed by atoms with Gasteiger partial charge in [-0.25, -0.2) is 4.79 Å². The smallest absolute Gasteiger partial charge is 0.340 e. The van der Waals surface area contributed by atoms with Crippen molar-refractivity contribution in [1.82, 2.24) is 14.9 Å². The van der Waals surface area contributed by atoms with E-state index in [2.05, 4.69) is 10.3 Å². The molecule has 0 aromatic carbocycles. The lowest BCUT2D eigenvalue weighted by atomic mass is 10.1. The lowest BCUT2D eigenvalue weighted by molar-refractivity contribution is -0.116. The Kier molecular flexibility index (Phi) is 6.72. The first kappa shape index (κ1) is 19.4. The molecule has 1 amide bonds. The predicted molar refractivity (Wildman–Crippen MR) is 101 cm³/mol. The van der Waals surface area contributed by atoms with E-state index in [9.17, 15) is 9.59 Å². The van der Waals surface area contributed by atoms with Crippen molar-refractivity contribution in [3.05, 3.63) is 58.7 Å². The first-order valence-electron chi connectivity index (χ1n) is 8.71. The summed E-state index contributed by atoms with van der Waals surface area (Å²) in [7, 11) is 0. The molecule has 0 aliphatic carbocycles. The number of carbonyl (C=O) groups is 2. The van der Waals surface area contributed by atoms with E-state index in [4.69, 9.17) is 4.74 Å². The number of pyridine rings is 1. The number of hydrogen-bond donors (Lipinski definition) is 1. The van der Waals surface area contributed by atoms with Crippen LogP contribution in [0.3, 0.4) is 0 Å². The Bertz CT molecular complexity index is 807. The summed E-state index contributed by atoms with van der Waals surface area (Å²) < 4.78 is 7.22. The van der Waals surface area contributed by atoms with Crippen LogP contribution in [0.2, 0.25) is 0 Å². The highest BCUT2D eigenvalue weighted by atomic mass is 16.5. The van der Waals surface area contributed by atoms with Crippen molar-refractivity contribution in [3.8, 4) is 0 Å². The van der Waals surface area contributed by atoms with E-state index in [1.165, 1.54) is 6.08 Å². The Balaban J connectivity index is 2.20. The molecule has 0 bridgehead atoms. The van der Waals surface area contributed by atoms with Crippen molar-refractivity contribution in [2.24, 2.45) is 0 Å². The zero-order valence-corrected chi connectivity index (χ0v) is 15.7. The van der Waals surface area contributed by atoms with E-state index in [0.717, 1.165) is 29.1 Å². The molecule has 0 spiro atoms. The van der Waals surface area contributed by atoms with Crippen molar-refractivity contribution >= 4 is 18.0 Å². The number of hydrogen-bond acceptors (Lipinski definition) is 4. The third-order valence-electron chi connectivity index (χ3n) is 4.22. The molecule has 138 valence electrons. The van der Waals surface area contributed by atoms with E-state index >= 15 is 0 Å². The van der Waals surface area contributed by atoms with Gasteiger partial charge in [0, 0.05) is 48.5 Å². The van der Waals surface area contributed by atoms with Gasteiger partial charge in [-0.15, -0.1) is 0 Å². The summed E-state index contributed by atoms with van der Waals surface area (Å²) in [5.41, 5.74) is 3.94. The molecule has 0 aliphatic heterocycles. The average Bonchev–Trinajstić information content (AvgIpc) is 2.88.